The van der Waals surface area contributed by atoms with E-state index in [4.69, 9.17) is 9.47 Å². The number of nitrogens with one attached hydrogen (secondary N) is 2. The fraction of sp³-hybridized carbons (Fsp3) is 0.125. The summed E-state index contributed by atoms with van der Waals surface area (Å²) in [6, 6.07) is 24.8. The zero-order valence-electron chi connectivity index (χ0n) is 17.9. The van der Waals surface area contributed by atoms with Crippen LogP contribution < -0.4 is 20.1 Å². The van der Waals surface area contributed by atoms with Crippen molar-refractivity contribution >= 4 is 39.8 Å². The van der Waals surface area contributed by atoms with E-state index in [1.165, 1.54) is 23.1 Å². The summed E-state index contributed by atoms with van der Waals surface area (Å²) in [6.07, 6.45) is 0. The number of thioether (sulfide) groups is 1. The minimum absolute atomic E-state index is 0.0606. The quantitative estimate of drug-likeness (QED) is 0.292. The Morgan fingerprint density at radius 3 is 2.33 bits per heavy atom. The number of nitrogens with zero attached hydrogens (tertiary/aromatic N) is 2. The minimum Gasteiger partial charge on any atom is -0.497 e. The first-order valence-corrected chi connectivity index (χ1v) is 11.9. The first kappa shape index (κ1) is 22.6. The summed E-state index contributed by atoms with van der Waals surface area (Å²) >= 11 is 2.76. The molecule has 0 unspecified atom stereocenters. The molecular formula is C24H22N4O3S2. The lowest BCUT2D eigenvalue weighted by atomic mass is 10.2. The summed E-state index contributed by atoms with van der Waals surface area (Å²) in [5, 5.41) is 15.1. The fourth-order valence-electron chi connectivity index (χ4n) is 2.80. The van der Waals surface area contributed by atoms with Gasteiger partial charge >= 0.3 is 0 Å². The molecule has 0 aliphatic rings. The maximum Gasteiger partial charge on any atom is 0.230 e. The van der Waals surface area contributed by atoms with Crippen LogP contribution in [0.25, 0.3) is 0 Å². The van der Waals surface area contributed by atoms with Gasteiger partial charge in [0.05, 0.1) is 12.9 Å². The molecule has 0 aliphatic carbocycles. The number of methoxy groups -OCH3 is 1. The second-order valence-electron chi connectivity index (χ2n) is 6.85. The molecule has 0 radical (unpaired) electrons. The van der Waals surface area contributed by atoms with Crippen LogP contribution in [0, 0.1) is 0 Å². The Balaban J connectivity index is 1.22. The standard InChI is InChI=1S/C24H22N4O3S2/c1-30-19-11-7-17(8-12-19)15-25-22(29)16-32-24-28-27-23(33-24)26-18-9-13-21(14-10-18)31-20-5-3-2-4-6-20/h2-14H,15-16H2,1H3,(H,25,29)(H,26,27). The Kier molecular flexibility index (Phi) is 7.78. The van der Waals surface area contributed by atoms with Crippen LogP contribution in [0.1, 0.15) is 5.56 Å². The van der Waals surface area contributed by atoms with Crippen molar-refractivity contribution in [1.82, 2.24) is 15.5 Å². The van der Waals surface area contributed by atoms with Crippen LogP contribution in [0.4, 0.5) is 10.8 Å². The van der Waals surface area contributed by atoms with E-state index in [0.717, 1.165) is 32.8 Å². The zero-order valence-corrected chi connectivity index (χ0v) is 19.5. The van der Waals surface area contributed by atoms with Crippen LogP contribution in [0.15, 0.2) is 83.2 Å². The lowest BCUT2D eigenvalue weighted by molar-refractivity contribution is -0.118. The molecule has 4 aromatic rings. The van der Waals surface area contributed by atoms with Gasteiger partial charge in [0, 0.05) is 12.2 Å². The third-order valence-corrected chi connectivity index (χ3v) is 6.44. The highest BCUT2D eigenvalue weighted by atomic mass is 32.2. The maximum absolute atomic E-state index is 12.1. The van der Waals surface area contributed by atoms with Gasteiger partial charge in [0.15, 0.2) is 4.34 Å². The number of ether oxygens (including phenoxy) is 2. The number of hydrogen-bond donors (Lipinski definition) is 2. The van der Waals surface area contributed by atoms with Crippen molar-refractivity contribution in [1.29, 1.82) is 0 Å². The number of rotatable bonds is 10. The van der Waals surface area contributed by atoms with Gasteiger partial charge in [-0.05, 0) is 54.1 Å². The number of carbonyl (C=O) groups is 1. The number of aromatic nitrogens is 2. The third-order valence-electron chi connectivity index (χ3n) is 4.47. The lowest BCUT2D eigenvalue weighted by Gasteiger charge is -2.07. The van der Waals surface area contributed by atoms with E-state index in [0.29, 0.717) is 11.7 Å². The molecule has 7 nitrogen and oxygen atoms in total. The van der Waals surface area contributed by atoms with Gasteiger partial charge in [-0.1, -0.05) is 53.4 Å². The predicted molar refractivity (Wildman–Crippen MR) is 132 cm³/mol. The molecule has 1 heterocycles. The maximum atomic E-state index is 12.1. The third kappa shape index (κ3) is 6.96. The van der Waals surface area contributed by atoms with E-state index in [2.05, 4.69) is 20.8 Å². The van der Waals surface area contributed by atoms with Gasteiger partial charge in [0.2, 0.25) is 11.0 Å². The average molecular weight is 479 g/mol. The Bertz CT molecular complexity index is 1170. The van der Waals surface area contributed by atoms with Crippen molar-refractivity contribution in [3.05, 3.63) is 84.4 Å². The van der Waals surface area contributed by atoms with Crippen molar-refractivity contribution in [2.75, 3.05) is 18.2 Å². The second-order valence-corrected chi connectivity index (χ2v) is 9.05. The van der Waals surface area contributed by atoms with Gasteiger partial charge in [-0.15, -0.1) is 10.2 Å². The van der Waals surface area contributed by atoms with Crippen LogP contribution in [0.3, 0.4) is 0 Å². The Morgan fingerprint density at radius 2 is 1.61 bits per heavy atom. The minimum atomic E-state index is -0.0606. The summed E-state index contributed by atoms with van der Waals surface area (Å²) in [4.78, 5) is 12.1. The Hall–Kier alpha value is -3.56. The predicted octanol–water partition coefficient (Wildman–Crippen LogP) is 5.49. The monoisotopic (exact) mass is 478 g/mol. The first-order valence-electron chi connectivity index (χ1n) is 10.1. The Morgan fingerprint density at radius 1 is 0.909 bits per heavy atom. The molecule has 0 fully saturated rings. The molecule has 168 valence electrons. The van der Waals surface area contributed by atoms with Crippen molar-refractivity contribution in [3.63, 3.8) is 0 Å². The van der Waals surface area contributed by atoms with Gasteiger partial charge in [-0.3, -0.25) is 4.79 Å². The summed E-state index contributed by atoms with van der Waals surface area (Å²) in [7, 11) is 1.63. The molecule has 2 N–H and O–H groups in total. The van der Waals surface area contributed by atoms with Gasteiger partial charge in [-0.25, -0.2) is 0 Å². The molecule has 1 amide bonds. The summed E-state index contributed by atoms with van der Waals surface area (Å²) in [5.74, 6) is 2.54. The summed E-state index contributed by atoms with van der Waals surface area (Å²) in [6.45, 7) is 0.469. The topological polar surface area (TPSA) is 85.4 Å². The van der Waals surface area contributed by atoms with Crippen LogP contribution in [-0.2, 0) is 11.3 Å². The summed E-state index contributed by atoms with van der Waals surface area (Å²) < 4.78 is 11.7. The highest BCUT2D eigenvalue weighted by Gasteiger charge is 2.09. The number of benzene rings is 3. The van der Waals surface area contributed by atoms with Gasteiger partial charge in [0.1, 0.15) is 17.2 Å². The SMILES string of the molecule is COc1ccc(CNC(=O)CSc2nnc(Nc3ccc(Oc4ccccc4)cc3)s2)cc1. The zero-order chi connectivity index (χ0) is 22.9. The summed E-state index contributed by atoms with van der Waals surface area (Å²) in [5.41, 5.74) is 1.89. The number of carbonyl (C=O) groups excluding carboxylic acids is 1. The van der Waals surface area contributed by atoms with Crippen molar-refractivity contribution in [2.24, 2.45) is 0 Å². The lowest BCUT2D eigenvalue weighted by Crippen LogP contribution is -2.24. The first-order chi connectivity index (χ1) is 16.2. The van der Waals surface area contributed by atoms with E-state index in [1.54, 1.807) is 7.11 Å². The molecule has 0 atom stereocenters. The largest absolute Gasteiger partial charge is 0.497 e. The average Bonchev–Trinajstić information content (AvgIpc) is 3.31. The van der Waals surface area contributed by atoms with Crippen molar-refractivity contribution in [2.45, 2.75) is 10.9 Å². The van der Waals surface area contributed by atoms with Crippen molar-refractivity contribution in [3.8, 4) is 17.2 Å². The van der Waals surface area contributed by atoms with Crippen molar-refractivity contribution < 1.29 is 14.3 Å². The normalized spacial score (nSPS) is 10.5. The highest BCUT2D eigenvalue weighted by molar-refractivity contribution is 8.01. The van der Waals surface area contributed by atoms with Crippen LogP contribution in [0.2, 0.25) is 0 Å². The smallest absolute Gasteiger partial charge is 0.230 e. The number of para-hydroxylation sites is 1. The molecule has 1 aromatic heterocycles. The number of amides is 1. The second kappa shape index (κ2) is 11.3. The van der Waals surface area contributed by atoms with E-state index in [-0.39, 0.29) is 11.7 Å². The Labute approximate surface area is 200 Å². The van der Waals surface area contributed by atoms with E-state index < -0.39 is 0 Å². The number of anilines is 2. The molecule has 33 heavy (non-hydrogen) atoms. The molecule has 0 saturated carbocycles. The van der Waals surface area contributed by atoms with E-state index >= 15 is 0 Å². The molecule has 0 saturated heterocycles. The van der Waals surface area contributed by atoms with Crippen LogP contribution in [0.5, 0.6) is 17.2 Å². The molecule has 3 aromatic carbocycles. The number of hydrogen-bond acceptors (Lipinski definition) is 8. The van der Waals surface area contributed by atoms with Crippen LogP contribution >= 0.6 is 23.1 Å². The molecule has 9 heteroatoms. The highest BCUT2D eigenvalue weighted by Crippen LogP contribution is 2.29. The molecule has 0 aliphatic heterocycles. The molecular weight excluding hydrogens is 456 g/mol. The van der Waals surface area contributed by atoms with E-state index in [9.17, 15) is 4.79 Å². The van der Waals surface area contributed by atoms with Crippen LogP contribution in [-0.4, -0.2) is 29.0 Å². The molecule has 0 spiro atoms. The van der Waals surface area contributed by atoms with Gasteiger partial charge < -0.3 is 20.1 Å². The van der Waals surface area contributed by atoms with E-state index in [1.807, 2.05) is 78.9 Å². The van der Waals surface area contributed by atoms with Gasteiger partial charge in [0.25, 0.3) is 0 Å². The van der Waals surface area contributed by atoms with Gasteiger partial charge in [-0.2, -0.15) is 0 Å². The fourth-order valence-corrected chi connectivity index (χ4v) is 4.40. The molecule has 0 bridgehead atoms. The molecule has 4 rings (SSSR count).